The molecule has 0 atom stereocenters. The van der Waals surface area contributed by atoms with Crippen LogP contribution in [0.2, 0.25) is 0 Å². The highest BCUT2D eigenvalue weighted by molar-refractivity contribution is 8.13. The van der Waals surface area contributed by atoms with Crippen molar-refractivity contribution < 1.29 is 13.2 Å². The van der Waals surface area contributed by atoms with Crippen LogP contribution >= 0.6 is 10.7 Å². The van der Waals surface area contributed by atoms with Gasteiger partial charge < -0.3 is 4.74 Å². The lowest BCUT2D eigenvalue weighted by atomic mass is 10.3. The van der Waals surface area contributed by atoms with Crippen molar-refractivity contribution in [2.45, 2.75) is 57.6 Å². The van der Waals surface area contributed by atoms with E-state index in [2.05, 4.69) is 18.9 Å². The first kappa shape index (κ1) is 16.5. The molecular weight excluding hydrogens is 288 g/mol. The Kier molecular flexibility index (Phi) is 6.82. The van der Waals surface area contributed by atoms with Gasteiger partial charge in [0.05, 0.1) is 6.61 Å². The summed E-state index contributed by atoms with van der Waals surface area (Å²) in [7, 11) is 1.64. The van der Waals surface area contributed by atoms with Crippen molar-refractivity contribution in [3.05, 3.63) is 11.9 Å². The lowest BCUT2D eigenvalue weighted by molar-refractivity contribution is 0.113. The number of hydrogen-bond donors (Lipinski definition) is 0. The molecule has 0 aliphatic heterocycles. The van der Waals surface area contributed by atoms with Gasteiger partial charge >= 0.3 is 0 Å². The predicted octanol–water partition coefficient (Wildman–Crippen LogP) is 2.93. The van der Waals surface area contributed by atoms with Gasteiger partial charge in [-0.2, -0.15) is 5.10 Å². The highest BCUT2D eigenvalue weighted by Crippen LogP contribution is 2.20. The van der Waals surface area contributed by atoms with Gasteiger partial charge in [0.15, 0.2) is 0 Å². The Balaban J connectivity index is 2.78. The maximum Gasteiger partial charge on any atom is 0.264 e. The van der Waals surface area contributed by atoms with E-state index < -0.39 is 9.05 Å². The highest BCUT2D eigenvalue weighted by atomic mass is 35.7. The smallest absolute Gasteiger partial charge is 0.264 e. The van der Waals surface area contributed by atoms with E-state index in [0.29, 0.717) is 18.8 Å². The quantitative estimate of drug-likeness (QED) is 0.520. The van der Waals surface area contributed by atoms with Crippen molar-refractivity contribution in [3.63, 3.8) is 0 Å². The molecular formula is C12H21ClN2O3S. The summed E-state index contributed by atoms with van der Waals surface area (Å²) in [5.41, 5.74) is 0.391. The fraction of sp³-hybridized carbons (Fsp3) is 0.750. The SMILES string of the molecule is CCCCOCc1nn(CCCC)cc1S(=O)(=O)Cl. The minimum atomic E-state index is -3.77. The van der Waals surface area contributed by atoms with Crippen LogP contribution in [0.15, 0.2) is 11.1 Å². The number of rotatable bonds is 9. The lowest BCUT2D eigenvalue weighted by Crippen LogP contribution is -2.02. The first-order valence-corrected chi connectivity index (χ1v) is 8.88. The fourth-order valence-electron chi connectivity index (χ4n) is 1.60. The minimum absolute atomic E-state index is 0.0572. The monoisotopic (exact) mass is 308 g/mol. The van der Waals surface area contributed by atoms with Crippen LogP contribution in [0.3, 0.4) is 0 Å². The van der Waals surface area contributed by atoms with E-state index in [1.54, 1.807) is 4.68 Å². The molecule has 1 rings (SSSR count). The van der Waals surface area contributed by atoms with Crippen molar-refractivity contribution in [3.8, 4) is 0 Å². The van der Waals surface area contributed by atoms with Gasteiger partial charge in [-0.05, 0) is 12.8 Å². The van der Waals surface area contributed by atoms with Gasteiger partial charge in [-0.3, -0.25) is 4.68 Å². The third-order valence-corrected chi connectivity index (χ3v) is 4.05. The van der Waals surface area contributed by atoms with Crippen molar-refractivity contribution in [1.29, 1.82) is 0 Å². The zero-order chi connectivity index (χ0) is 14.3. The van der Waals surface area contributed by atoms with Crippen LogP contribution in [-0.4, -0.2) is 24.8 Å². The van der Waals surface area contributed by atoms with Crippen molar-refractivity contribution in [2.75, 3.05) is 6.61 Å². The first-order chi connectivity index (χ1) is 8.99. The Labute approximate surface area is 119 Å². The molecule has 19 heavy (non-hydrogen) atoms. The Morgan fingerprint density at radius 2 is 2.00 bits per heavy atom. The van der Waals surface area contributed by atoms with Crippen LogP contribution < -0.4 is 0 Å². The second kappa shape index (κ2) is 7.87. The molecule has 0 aliphatic carbocycles. The van der Waals surface area contributed by atoms with E-state index >= 15 is 0 Å². The molecule has 1 aromatic rings. The number of ether oxygens (including phenoxy) is 1. The molecule has 1 aromatic heterocycles. The van der Waals surface area contributed by atoms with E-state index in [4.69, 9.17) is 15.4 Å². The van der Waals surface area contributed by atoms with Crippen LogP contribution in [0, 0.1) is 0 Å². The summed E-state index contributed by atoms with van der Waals surface area (Å²) < 4.78 is 30.0. The number of hydrogen-bond acceptors (Lipinski definition) is 4. The summed E-state index contributed by atoms with van der Waals surface area (Å²) in [6, 6.07) is 0. The number of nitrogens with zero attached hydrogens (tertiary/aromatic N) is 2. The molecule has 0 N–H and O–H groups in total. The molecule has 7 heteroatoms. The zero-order valence-electron chi connectivity index (χ0n) is 11.4. The molecule has 1 heterocycles. The van der Waals surface area contributed by atoms with Crippen molar-refractivity contribution in [1.82, 2.24) is 9.78 Å². The Bertz CT molecular complexity index is 485. The molecule has 0 fully saturated rings. The number of aryl methyl sites for hydroxylation is 1. The van der Waals surface area contributed by atoms with Crippen LogP contribution in [0.4, 0.5) is 0 Å². The minimum Gasteiger partial charge on any atom is -0.375 e. The van der Waals surface area contributed by atoms with E-state index in [-0.39, 0.29) is 11.5 Å². The maximum atomic E-state index is 11.5. The van der Waals surface area contributed by atoms with Crippen LogP contribution in [-0.2, 0) is 26.9 Å². The van der Waals surface area contributed by atoms with Crippen molar-refractivity contribution in [2.24, 2.45) is 0 Å². The van der Waals surface area contributed by atoms with Crippen LogP contribution in [0.1, 0.15) is 45.2 Å². The van der Waals surface area contributed by atoms with E-state index in [9.17, 15) is 8.42 Å². The summed E-state index contributed by atoms with van der Waals surface area (Å²) in [6.07, 6.45) is 5.42. The molecule has 110 valence electrons. The Morgan fingerprint density at radius 3 is 2.58 bits per heavy atom. The van der Waals surface area contributed by atoms with Crippen molar-refractivity contribution >= 4 is 19.7 Å². The van der Waals surface area contributed by atoms with Gasteiger partial charge in [0, 0.05) is 30.0 Å². The van der Waals surface area contributed by atoms with Gasteiger partial charge in [-0.15, -0.1) is 0 Å². The number of halogens is 1. The molecule has 0 saturated carbocycles. The Morgan fingerprint density at radius 1 is 1.32 bits per heavy atom. The standard InChI is InChI=1S/C12H21ClN2O3S/c1-3-5-7-15-9-12(19(13,16)17)11(14-15)10-18-8-6-4-2/h9H,3-8,10H2,1-2H3. The second-order valence-corrected chi connectivity index (χ2v) is 6.94. The van der Waals surface area contributed by atoms with Gasteiger partial charge in [-0.1, -0.05) is 26.7 Å². The third-order valence-electron chi connectivity index (χ3n) is 2.68. The summed E-state index contributed by atoms with van der Waals surface area (Å²) in [4.78, 5) is 0.0572. The topological polar surface area (TPSA) is 61.2 Å². The Hall–Kier alpha value is -0.590. The van der Waals surface area contributed by atoms with E-state index in [1.807, 2.05) is 0 Å². The molecule has 0 spiro atoms. The molecule has 0 saturated heterocycles. The first-order valence-electron chi connectivity index (χ1n) is 6.57. The van der Waals surface area contributed by atoms with Crippen LogP contribution in [0.25, 0.3) is 0 Å². The molecule has 0 unspecified atom stereocenters. The predicted molar refractivity (Wildman–Crippen MR) is 74.7 cm³/mol. The average Bonchev–Trinajstić information content (AvgIpc) is 2.75. The molecule has 0 aliphatic rings. The van der Waals surface area contributed by atoms with Gasteiger partial charge in [-0.25, -0.2) is 8.42 Å². The second-order valence-electron chi connectivity index (χ2n) is 4.40. The maximum absolute atomic E-state index is 11.5. The molecule has 5 nitrogen and oxygen atoms in total. The highest BCUT2D eigenvalue weighted by Gasteiger charge is 2.20. The third kappa shape index (κ3) is 5.50. The molecule has 0 radical (unpaired) electrons. The lowest BCUT2D eigenvalue weighted by Gasteiger charge is -2.02. The van der Waals surface area contributed by atoms with E-state index in [1.165, 1.54) is 6.20 Å². The normalized spacial score (nSPS) is 11.9. The summed E-state index contributed by atoms with van der Waals surface area (Å²) in [6.45, 7) is 5.60. The van der Waals surface area contributed by atoms with E-state index in [0.717, 1.165) is 25.7 Å². The van der Waals surface area contributed by atoms with Gasteiger partial charge in [0.25, 0.3) is 9.05 Å². The summed E-state index contributed by atoms with van der Waals surface area (Å²) in [5, 5.41) is 4.24. The largest absolute Gasteiger partial charge is 0.375 e. The summed E-state index contributed by atoms with van der Waals surface area (Å²) in [5.74, 6) is 0. The van der Waals surface area contributed by atoms with Crippen LogP contribution in [0.5, 0.6) is 0 Å². The average molecular weight is 309 g/mol. The zero-order valence-corrected chi connectivity index (χ0v) is 13.0. The van der Waals surface area contributed by atoms with Gasteiger partial charge in [0.2, 0.25) is 0 Å². The number of aromatic nitrogens is 2. The molecule has 0 bridgehead atoms. The van der Waals surface area contributed by atoms with Gasteiger partial charge in [0.1, 0.15) is 10.6 Å². The summed E-state index contributed by atoms with van der Waals surface area (Å²) >= 11 is 0. The number of unbranched alkanes of at least 4 members (excludes halogenated alkanes) is 2. The molecule has 0 amide bonds. The fourth-order valence-corrected chi connectivity index (χ4v) is 2.61. The molecule has 0 aromatic carbocycles.